The van der Waals surface area contributed by atoms with E-state index in [-0.39, 0.29) is 17.5 Å². The topological polar surface area (TPSA) is 83.8 Å². The molecule has 0 aliphatic carbocycles. The number of nitrogens with zero attached hydrogens (tertiary/aromatic N) is 1. The second kappa shape index (κ2) is 5.44. The molecule has 2 heterocycles. The number of nitrogens with one attached hydrogen (secondary N) is 2. The number of rotatable bonds is 4. The Labute approximate surface area is 116 Å². The van der Waals surface area contributed by atoms with Crippen LogP contribution in [0.2, 0.25) is 0 Å². The quantitative estimate of drug-likeness (QED) is 0.803. The van der Waals surface area contributed by atoms with Gasteiger partial charge in [-0.25, -0.2) is 0 Å². The van der Waals surface area contributed by atoms with Crippen molar-refractivity contribution in [2.75, 3.05) is 5.73 Å². The molecule has 0 aromatic carbocycles. The predicted octanol–water partition coefficient (Wildman–Crippen LogP) is 2.42. The lowest BCUT2D eigenvalue weighted by Crippen LogP contribution is -2.24. The molecule has 1 amide bonds. The van der Waals surface area contributed by atoms with Gasteiger partial charge in [0.2, 0.25) is 0 Å². The highest BCUT2D eigenvalue weighted by Crippen LogP contribution is 2.22. The summed E-state index contributed by atoms with van der Waals surface area (Å²) < 4.78 is 0. The fraction of sp³-hybridized carbons (Fsp3) is 0.385. The molecule has 0 bridgehead atoms. The third kappa shape index (κ3) is 2.78. The Morgan fingerprint density at radius 2 is 2.26 bits per heavy atom. The number of hydrogen-bond donors (Lipinski definition) is 3. The Balaban J connectivity index is 2.06. The molecule has 102 valence electrons. The minimum absolute atomic E-state index is 0.216. The van der Waals surface area contributed by atoms with Crippen molar-refractivity contribution in [3.63, 3.8) is 0 Å². The molecule has 0 aliphatic rings. The summed E-state index contributed by atoms with van der Waals surface area (Å²) in [6.45, 7) is 6.52. The van der Waals surface area contributed by atoms with E-state index in [9.17, 15) is 4.79 Å². The van der Waals surface area contributed by atoms with Crippen molar-refractivity contribution in [3.05, 3.63) is 33.3 Å². The lowest BCUT2D eigenvalue weighted by molar-refractivity contribution is 0.0947. The lowest BCUT2D eigenvalue weighted by Gasteiger charge is -2.05. The highest BCUT2D eigenvalue weighted by atomic mass is 32.1. The molecule has 0 spiro atoms. The molecule has 0 fully saturated rings. The normalized spacial score (nSPS) is 10.9. The molecule has 0 radical (unpaired) electrons. The van der Waals surface area contributed by atoms with Crippen molar-refractivity contribution in [2.24, 2.45) is 0 Å². The van der Waals surface area contributed by atoms with Gasteiger partial charge in [-0.1, -0.05) is 13.8 Å². The van der Waals surface area contributed by atoms with E-state index in [0.29, 0.717) is 12.2 Å². The minimum Gasteiger partial charge on any atom is -0.395 e. The molecule has 0 saturated heterocycles. The van der Waals surface area contributed by atoms with E-state index in [1.807, 2.05) is 26.2 Å². The van der Waals surface area contributed by atoms with Crippen LogP contribution in [0, 0.1) is 6.92 Å². The van der Waals surface area contributed by atoms with Crippen LogP contribution in [0.15, 0.2) is 10.8 Å². The number of nitrogen functional groups attached to an aromatic ring is 1. The number of carbonyl (C=O) groups is 1. The van der Waals surface area contributed by atoms with Gasteiger partial charge in [0.15, 0.2) is 5.69 Å². The Kier molecular flexibility index (Phi) is 3.90. The van der Waals surface area contributed by atoms with Gasteiger partial charge >= 0.3 is 0 Å². The third-order valence-corrected chi connectivity index (χ3v) is 3.94. The summed E-state index contributed by atoms with van der Waals surface area (Å²) in [7, 11) is 0. The summed E-state index contributed by atoms with van der Waals surface area (Å²) in [5.74, 6) is -0.0283. The third-order valence-electron chi connectivity index (χ3n) is 3.03. The first kappa shape index (κ1) is 13.6. The van der Waals surface area contributed by atoms with E-state index < -0.39 is 0 Å². The van der Waals surface area contributed by atoms with Crippen molar-refractivity contribution in [1.82, 2.24) is 15.5 Å². The minimum atomic E-state index is -0.244. The Hall–Kier alpha value is -1.82. The van der Waals surface area contributed by atoms with E-state index >= 15 is 0 Å². The molecular formula is C13H18N4OS. The molecule has 4 N–H and O–H groups in total. The van der Waals surface area contributed by atoms with E-state index in [2.05, 4.69) is 20.9 Å². The van der Waals surface area contributed by atoms with E-state index in [1.165, 1.54) is 5.56 Å². The molecule has 0 atom stereocenters. The van der Waals surface area contributed by atoms with Crippen molar-refractivity contribution >= 4 is 22.9 Å². The van der Waals surface area contributed by atoms with Crippen LogP contribution < -0.4 is 11.1 Å². The van der Waals surface area contributed by atoms with Gasteiger partial charge in [0.25, 0.3) is 5.91 Å². The Bertz CT molecular complexity index is 585. The molecule has 19 heavy (non-hydrogen) atoms. The molecule has 6 heteroatoms. The molecule has 2 aromatic rings. The highest BCUT2D eigenvalue weighted by Gasteiger charge is 2.18. The summed E-state index contributed by atoms with van der Waals surface area (Å²) in [4.78, 5) is 12.0. The molecule has 0 unspecified atom stereocenters. The van der Waals surface area contributed by atoms with Crippen LogP contribution in [-0.2, 0) is 6.54 Å². The van der Waals surface area contributed by atoms with Gasteiger partial charge in [0, 0.05) is 6.54 Å². The number of nitrogens with two attached hydrogens (primary N) is 1. The average Bonchev–Trinajstić information content (AvgIpc) is 2.92. The number of thiophene rings is 1. The molecule has 0 saturated carbocycles. The second-order valence-electron chi connectivity index (χ2n) is 4.82. The van der Waals surface area contributed by atoms with E-state index in [0.717, 1.165) is 11.3 Å². The first-order chi connectivity index (χ1) is 9.00. The SMILES string of the molecule is Cc1cscc1CNC(=O)c1n[nH]c(C(C)C)c1N. The highest BCUT2D eigenvalue weighted by molar-refractivity contribution is 7.08. The first-order valence-electron chi connectivity index (χ1n) is 6.14. The first-order valence-corrected chi connectivity index (χ1v) is 7.08. The van der Waals surface area contributed by atoms with Gasteiger partial charge in [-0.15, -0.1) is 0 Å². The van der Waals surface area contributed by atoms with Crippen molar-refractivity contribution in [3.8, 4) is 0 Å². The van der Waals surface area contributed by atoms with E-state index in [4.69, 9.17) is 5.73 Å². The molecular weight excluding hydrogens is 260 g/mol. The van der Waals surface area contributed by atoms with Gasteiger partial charge < -0.3 is 11.1 Å². The van der Waals surface area contributed by atoms with Crippen molar-refractivity contribution in [2.45, 2.75) is 33.2 Å². The number of hydrogen-bond acceptors (Lipinski definition) is 4. The summed E-state index contributed by atoms with van der Waals surface area (Å²) in [6, 6.07) is 0. The van der Waals surface area contributed by atoms with Crippen LogP contribution in [0.4, 0.5) is 5.69 Å². The monoisotopic (exact) mass is 278 g/mol. The number of H-pyrrole nitrogens is 1. The maximum atomic E-state index is 12.0. The Morgan fingerprint density at radius 3 is 2.79 bits per heavy atom. The fourth-order valence-electron chi connectivity index (χ4n) is 1.80. The molecule has 2 rings (SSSR count). The van der Waals surface area contributed by atoms with Crippen LogP contribution in [0.3, 0.4) is 0 Å². The lowest BCUT2D eigenvalue weighted by atomic mass is 10.1. The fourth-order valence-corrected chi connectivity index (χ4v) is 2.66. The van der Waals surface area contributed by atoms with Crippen LogP contribution in [-0.4, -0.2) is 16.1 Å². The van der Waals surface area contributed by atoms with Gasteiger partial charge in [-0.3, -0.25) is 9.89 Å². The average molecular weight is 278 g/mol. The number of amides is 1. The predicted molar refractivity (Wildman–Crippen MR) is 77.3 cm³/mol. The number of aromatic nitrogens is 2. The molecule has 5 nitrogen and oxygen atoms in total. The zero-order valence-electron chi connectivity index (χ0n) is 11.3. The molecule has 0 aliphatic heterocycles. The van der Waals surface area contributed by atoms with Crippen LogP contribution in [0.1, 0.15) is 47.1 Å². The zero-order chi connectivity index (χ0) is 14.0. The standard InChI is InChI=1S/C13H18N4OS/c1-7(2)11-10(14)12(17-16-11)13(18)15-4-9-6-19-5-8(9)3/h5-7H,4,14H2,1-3H3,(H,15,18)(H,16,17). The van der Waals surface area contributed by atoms with Gasteiger partial charge in [0.05, 0.1) is 11.4 Å². The van der Waals surface area contributed by atoms with Gasteiger partial charge in [0.1, 0.15) is 0 Å². The van der Waals surface area contributed by atoms with E-state index in [1.54, 1.807) is 11.3 Å². The number of carbonyl (C=O) groups excluding carboxylic acids is 1. The summed E-state index contributed by atoms with van der Waals surface area (Å²) in [6.07, 6.45) is 0. The summed E-state index contributed by atoms with van der Waals surface area (Å²) in [5.41, 5.74) is 9.75. The summed E-state index contributed by atoms with van der Waals surface area (Å²) in [5, 5.41) is 13.8. The zero-order valence-corrected chi connectivity index (χ0v) is 12.1. The van der Waals surface area contributed by atoms with Gasteiger partial charge in [-0.05, 0) is 34.7 Å². The number of aryl methyl sites for hydroxylation is 1. The maximum absolute atomic E-state index is 12.0. The van der Waals surface area contributed by atoms with Crippen LogP contribution in [0.25, 0.3) is 0 Å². The molecule has 2 aromatic heterocycles. The van der Waals surface area contributed by atoms with Crippen molar-refractivity contribution in [1.29, 1.82) is 0 Å². The maximum Gasteiger partial charge on any atom is 0.274 e. The largest absolute Gasteiger partial charge is 0.395 e. The van der Waals surface area contributed by atoms with Crippen LogP contribution >= 0.6 is 11.3 Å². The van der Waals surface area contributed by atoms with Crippen molar-refractivity contribution < 1.29 is 4.79 Å². The Morgan fingerprint density at radius 1 is 1.53 bits per heavy atom. The number of aromatic amines is 1. The van der Waals surface area contributed by atoms with Gasteiger partial charge in [-0.2, -0.15) is 16.4 Å². The smallest absolute Gasteiger partial charge is 0.274 e. The summed E-state index contributed by atoms with van der Waals surface area (Å²) >= 11 is 1.63. The second-order valence-corrected chi connectivity index (χ2v) is 5.56. The number of anilines is 1. The van der Waals surface area contributed by atoms with Crippen LogP contribution in [0.5, 0.6) is 0 Å².